The second-order valence-electron chi connectivity index (χ2n) is 6.32. The van der Waals surface area contributed by atoms with Crippen molar-refractivity contribution in [2.24, 2.45) is 0 Å². The van der Waals surface area contributed by atoms with Crippen molar-refractivity contribution in [3.8, 4) is 0 Å². The molecule has 2 rings (SSSR count). The second-order valence-corrected chi connectivity index (χ2v) is 7.17. The van der Waals surface area contributed by atoms with Gasteiger partial charge in [-0.3, -0.25) is 19.7 Å². The maximum absolute atomic E-state index is 12.7. The van der Waals surface area contributed by atoms with Crippen LogP contribution in [0, 0.1) is 10.1 Å². The number of nitrogens with one attached hydrogen (secondary N) is 2. The molecule has 0 unspecified atom stereocenters. The average Bonchev–Trinajstić information content (AvgIpc) is 2.73. The van der Waals surface area contributed by atoms with E-state index in [1.807, 2.05) is 24.5 Å². The predicted molar refractivity (Wildman–Crippen MR) is 117 cm³/mol. The maximum atomic E-state index is 12.7. The highest BCUT2D eigenvalue weighted by molar-refractivity contribution is 7.98. The van der Waals surface area contributed by atoms with Crippen LogP contribution in [-0.2, 0) is 9.53 Å². The number of likely N-dealkylation sites (N-methyl/N-ethyl adjacent to an activating group) is 1. The lowest BCUT2D eigenvalue weighted by atomic mass is 10.1. The van der Waals surface area contributed by atoms with Crippen molar-refractivity contribution >= 4 is 40.6 Å². The monoisotopic (exact) mass is 432 g/mol. The molecule has 2 aromatic rings. The molecule has 0 aliphatic rings. The maximum Gasteiger partial charge on any atom is 0.293 e. The van der Waals surface area contributed by atoms with Gasteiger partial charge in [-0.05, 0) is 30.5 Å². The van der Waals surface area contributed by atoms with Gasteiger partial charge in [0.1, 0.15) is 5.69 Å². The summed E-state index contributed by atoms with van der Waals surface area (Å²) in [5, 5.41) is 17.1. The lowest BCUT2D eigenvalue weighted by Gasteiger charge is -2.18. The highest BCUT2D eigenvalue weighted by Crippen LogP contribution is 2.26. The van der Waals surface area contributed by atoms with Gasteiger partial charge in [-0.2, -0.15) is 0 Å². The fourth-order valence-electron chi connectivity index (χ4n) is 2.70. The van der Waals surface area contributed by atoms with Crippen LogP contribution >= 0.6 is 11.8 Å². The van der Waals surface area contributed by atoms with Crippen molar-refractivity contribution in [2.45, 2.75) is 4.90 Å². The number of amides is 2. The molecular formula is C20H24N4O5S. The van der Waals surface area contributed by atoms with Crippen LogP contribution < -0.4 is 10.6 Å². The molecular weight excluding hydrogens is 408 g/mol. The molecule has 0 bridgehead atoms. The zero-order valence-corrected chi connectivity index (χ0v) is 17.8. The standard InChI is InChI=1S/C20H24N4O5S/c1-23(13-19(25)22-16-6-4-5-7-18(16)30-3)20(26)14-8-9-15(21-10-11-29-2)17(12-14)24(27)28/h4-9,12,21H,10-11,13H2,1-3H3,(H,22,25). The number of rotatable bonds is 10. The molecule has 0 aromatic heterocycles. The highest BCUT2D eigenvalue weighted by Gasteiger charge is 2.21. The fourth-order valence-corrected chi connectivity index (χ4v) is 3.25. The summed E-state index contributed by atoms with van der Waals surface area (Å²) in [6.45, 7) is 0.584. The fraction of sp³-hybridized carbons (Fsp3) is 0.300. The second kappa shape index (κ2) is 11.2. The summed E-state index contributed by atoms with van der Waals surface area (Å²) in [5.41, 5.74) is 0.864. The first-order valence-corrected chi connectivity index (χ1v) is 10.3. The number of nitro benzene ring substituents is 1. The van der Waals surface area contributed by atoms with Gasteiger partial charge in [-0.1, -0.05) is 12.1 Å². The Labute approximate surface area is 178 Å². The Balaban J connectivity index is 2.08. The first-order valence-electron chi connectivity index (χ1n) is 9.07. The molecule has 0 fully saturated rings. The van der Waals surface area contributed by atoms with Gasteiger partial charge in [0.25, 0.3) is 11.6 Å². The molecule has 9 nitrogen and oxygen atoms in total. The lowest BCUT2D eigenvalue weighted by Crippen LogP contribution is -2.35. The molecule has 0 aliphatic carbocycles. The Hall–Kier alpha value is -3.11. The number of carbonyl (C=O) groups is 2. The zero-order valence-electron chi connectivity index (χ0n) is 17.0. The van der Waals surface area contributed by atoms with Gasteiger partial charge < -0.3 is 20.3 Å². The van der Waals surface area contributed by atoms with Crippen LogP contribution in [-0.4, -0.2) is 61.7 Å². The smallest absolute Gasteiger partial charge is 0.293 e. The van der Waals surface area contributed by atoms with Gasteiger partial charge in [0, 0.05) is 37.2 Å². The van der Waals surface area contributed by atoms with Crippen LogP contribution in [0.4, 0.5) is 17.1 Å². The van der Waals surface area contributed by atoms with E-state index in [9.17, 15) is 19.7 Å². The summed E-state index contributed by atoms with van der Waals surface area (Å²) < 4.78 is 4.92. The summed E-state index contributed by atoms with van der Waals surface area (Å²) >= 11 is 1.50. The number of benzene rings is 2. The van der Waals surface area contributed by atoms with Crippen molar-refractivity contribution in [3.63, 3.8) is 0 Å². The first kappa shape index (κ1) is 23.2. The first-order chi connectivity index (χ1) is 14.4. The Bertz CT molecular complexity index is 922. The summed E-state index contributed by atoms with van der Waals surface area (Å²) in [5.74, 6) is -0.852. The molecule has 0 spiro atoms. The topological polar surface area (TPSA) is 114 Å². The third-order valence-electron chi connectivity index (χ3n) is 4.17. The van der Waals surface area contributed by atoms with Crippen molar-refractivity contribution in [2.75, 3.05) is 50.7 Å². The normalized spacial score (nSPS) is 10.4. The van der Waals surface area contributed by atoms with E-state index in [4.69, 9.17) is 4.74 Å². The van der Waals surface area contributed by atoms with E-state index < -0.39 is 10.8 Å². The van der Waals surface area contributed by atoms with Gasteiger partial charge in [-0.25, -0.2) is 0 Å². The molecule has 2 aromatic carbocycles. The number of hydrogen-bond donors (Lipinski definition) is 2. The summed E-state index contributed by atoms with van der Waals surface area (Å²) in [4.78, 5) is 38.0. The van der Waals surface area contributed by atoms with E-state index in [0.717, 1.165) is 4.90 Å². The molecule has 10 heteroatoms. The summed E-state index contributed by atoms with van der Waals surface area (Å²) in [6, 6.07) is 11.5. The van der Waals surface area contributed by atoms with Crippen molar-refractivity contribution in [3.05, 3.63) is 58.1 Å². The van der Waals surface area contributed by atoms with Gasteiger partial charge in [0.05, 0.1) is 23.8 Å². The number of methoxy groups -OCH3 is 1. The van der Waals surface area contributed by atoms with Crippen molar-refractivity contribution < 1.29 is 19.2 Å². The molecule has 0 heterocycles. The number of thioether (sulfide) groups is 1. The van der Waals surface area contributed by atoms with Crippen LogP contribution in [0.5, 0.6) is 0 Å². The van der Waals surface area contributed by atoms with Gasteiger partial charge >= 0.3 is 0 Å². The van der Waals surface area contributed by atoms with Gasteiger partial charge in [-0.15, -0.1) is 11.8 Å². The van der Waals surface area contributed by atoms with Crippen molar-refractivity contribution in [1.82, 2.24) is 4.90 Å². The number of para-hydroxylation sites is 1. The molecule has 160 valence electrons. The third-order valence-corrected chi connectivity index (χ3v) is 4.97. The summed E-state index contributed by atoms with van der Waals surface area (Å²) in [7, 11) is 3.00. The number of nitrogens with zero attached hydrogens (tertiary/aromatic N) is 2. The highest BCUT2D eigenvalue weighted by atomic mass is 32.2. The minimum Gasteiger partial charge on any atom is -0.383 e. The van der Waals surface area contributed by atoms with E-state index in [0.29, 0.717) is 24.5 Å². The van der Waals surface area contributed by atoms with E-state index in [2.05, 4.69) is 10.6 Å². The third kappa shape index (κ3) is 6.19. The molecule has 0 saturated carbocycles. The minimum absolute atomic E-state index is 0.124. The van der Waals surface area contributed by atoms with Crippen LogP contribution in [0.3, 0.4) is 0 Å². The van der Waals surface area contributed by atoms with Gasteiger partial charge in [0.2, 0.25) is 5.91 Å². The zero-order chi connectivity index (χ0) is 22.1. The lowest BCUT2D eigenvalue weighted by molar-refractivity contribution is -0.384. The Kier molecular flexibility index (Phi) is 8.63. The van der Waals surface area contributed by atoms with E-state index in [1.165, 1.54) is 49.0 Å². The van der Waals surface area contributed by atoms with Crippen LogP contribution in [0.2, 0.25) is 0 Å². The Morgan fingerprint density at radius 1 is 1.20 bits per heavy atom. The van der Waals surface area contributed by atoms with Crippen LogP contribution in [0.15, 0.2) is 47.4 Å². The number of nitro groups is 1. The molecule has 2 amide bonds. The molecule has 0 atom stereocenters. The van der Waals surface area contributed by atoms with E-state index in [-0.39, 0.29) is 23.7 Å². The summed E-state index contributed by atoms with van der Waals surface area (Å²) in [6.07, 6.45) is 1.90. The average molecular weight is 433 g/mol. The SMILES string of the molecule is COCCNc1ccc(C(=O)N(C)CC(=O)Nc2ccccc2SC)cc1[N+](=O)[O-]. The number of ether oxygens (including phenoxy) is 1. The van der Waals surface area contributed by atoms with Crippen molar-refractivity contribution in [1.29, 1.82) is 0 Å². The Morgan fingerprint density at radius 2 is 1.93 bits per heavy atom. The van der Waals surface area contributed by atoms with Crippen LogP contribution in [0.25, 0.3) is 0 Å². The molecule has 2 N–H and O–H groups in total. The molecule has 0 radical (unpaired) electrons. The minimum atomic E-state index is -0.558. The van der Waals surface area contributed by atoms with Gasteiger partial charge in [0.15, 0.2) is 0 Å². The molecule has 30 heavy (non-hydrogen) atoms. The molecule has 0 saturated heterocycles. The number of carbonyl (C=O) groups excluding carboxylic acids is 2. The predicted octanol–water partition coefficient (Wildman–Crippen LogP) is 3.09. The largest absolute Gasteiger partial charge is 0.383 e. The number of hydrogen-bond acceptors (Lipinski definition) is 7. The van der Waals surface area contributed by atoms with E-state index in [1.54, 1.807) is 6.07 Å². The molecule has 0 aliphatic heterocycles. The van der Waals surface area contributed by atoms with Crippen LogP contribution in [0.1, 0.15) is 10.4 Å². The van der Waals surface area contributed by atoms with E-state index >= 15 is 0 Å². The Morgan fingerprint density at radius 3 is 2.60 bits per heavy atom. The number of anilines is 2. The quantitative estimate of drug-likeness (QED) is 0.257.